The summed E-state index contributed by atoms with van der Waals surface area (Å²) in [5, 5.41) is 11.1. The van der Waals surface area contributed by atoms with E-state index in [4.69, 9.17) is 23.8 Å². The molecule has 0 amide bonds. The fraction of sp³-hybridized carbons (Fsp3) is 0. The van der Waals surface area contributed by atoms with E-state index in [9.17, 15) is 0 Å². The van der Waals surface area contributed by atoms with Crippen molar-refractivity contribution >= 4 is 76.2 Å². The zero-order valence-corrected chi connectivity index (χ0v) is 29.9. The molecular formula is C51H29N3O2. The van der Waals surface area contributed by atoms with Crippen molar-refractivity contribution in [2.45, 2.75) is 0 Å². The normalized spacial score (nSPS) is 11.9. The van der Waals surface area contributed by atoms with Gasteiger partial charge in [0.25, 0.3) is 0 Å². The molecule has 0 bridgehead atoms. The molecule has 0 fully saturated rings. The van der Waals surface area contributed by atoms with Gasteiger partial charge in [-0.3, -0.25) is 0 Å². The van der Waals surface area contributed by atoms with Gasteiger partial charge in [0.05, 0.1) is 0 Å². The van der Waals surface area contributed by atoms with E-state index >= 15 is 0 Å². The molecular weight excluding hydrogens is 687 g/mol. The summed E-state index contributed by atoms with van der Waals surface area (Å²) in [6.45, 7) is 0. The average molecular weight is 716 g/mol. The van der Waals surface area contributed by atoms with Crippen LogP contribution in [0.25, 0.3) is 121 Å². The van der Waals surface area contributed by atoms with Gasteiger partial charge in [0.1, 0.15) is 22.3 Å². The predicted molar refractivity (Wildman–Crippen MR) is 229 cm³/mol. The number of aromatic nitrogens is 3. The van der Waals surface area contributed by atoms with E-state index in [1.807, 2.05) is 30.3 Å². The van der Waals surface area contributed by atoms with E-state index in [0.717, 1.165) is 87.9 Å². The summed E-state index contributed by atoms with van der Waals surface area (Å²) in [5.41, 5.74) is 8.28. The van der Waals surface area contributed by atoms with Crippen LogP contribution in [0.2, 0.25) is 0 Å². The van der Waals surface area contributed by atoms with Crippen molar-refractivity contribution < 1.29 is 8.83 Å². The Bertz CT molecular complexity index is 3560. The number of hydrogen-bond acceptors (Lipinski definition) is 5. The van der Waals surface area contributed by atoms with Crippen LogP contribution in [-0.2, 0) is 0 Å². The van der Waals surface area contributed by atoms with Gasteiger partial charge in [0.2, 0.25) is 0 Å². The largest absolute Gasteiger partial charge is 0.456 e. The lowest BCUT2D eigenvalue weighted by Crippen LogP contribution is -2.01. The van der Waals surface area contributed by atoms with Crippen LogP contribution in [0.3, 0.4) is 0 Å². The average Bonchev–Trinajstić information content (AvgIpc) is 3.85. The Morgan fingerprint density at radius 2 is 0.821 bits per heavy atom. The lowest BCUT2D eigenvalue weighted by molar-refractivity contribution is 0.668. The minimum absolute atomic E-state index is 0.593. The van der Waals surface area contributed by atoms with Crippen molar-refractivity contribution in [2.24, 2.45) is 0 Å². The molecule has 3 heterocycles. The molecule has 5 heteroatoms. The highest BCUT2D eigenvalue weighted by Gasteiger charge is 2.20. The first kappa shape index (κ1) is 30.8. The molecule has 9 aromatic carbocycles. The quantitative estimate of drug-likeness (QED) is 0.170. The molecule has 0 N–H and O–H groups in total. The Hall–Kier alpha value is -7.63. The zero-order valence-electron chi connectivity index (χ0n) is 29.9. The van der Waals surface area contributed by atoms with E-state index in [1.165, 1.54) is 16.2 Å². The first-order chi connectivity index (χ1) is 27.7. The third-order valence-electron chi connectivity index (χ3n) is 11.1. The summed E-state index contributed by atoms with van der Waals surface area (Å²) < 4.78 is 12.6. The monoisotopic (exact) mass is 715 g/mol. The van der Waals surface area contributed by atoms with Gasteiger partial charge in [0.15, 0.2) is 17.5 Å². The van der Waals surface area contributed by atoms with Gasteiger partial charge in [-0.05, 0) is 74.5 Å². The first-order valence-corrected chi connectivity index (χ1v) is 18.8. The first-order valence-electron chi connectivity index (χ1n) is 18.8. The van der Waals surface area contributed by atoms with Crippen LogP contribution >= 0.6 is 0 Å². The summed E-state index contributed by atoms with van der Waals surface area (Å²) in [6.07, 6.45) is 0. The Labute approximate surface area is 320 Å². The third-order valence-corrected chi connectivity index (χ3v) is 11.1. The Morgan fingerprint density at radius 3 is 1.64 bits per heavy atom. The fourth-order valence-electron chi connectivity index (χ4n) is 8.52. The van der Waals surface area contributed by atoms with E-state index < -0.39 is 0 Å². The molecule has 0 aliphatic rings. The molecule has 0 aliphatic carbocycles. The van der Waals surface area contributed by atoms with Crippen molar-refractivity contribution in [3.05, 3.63) is 176 Å². The molecule has 12 rings (SSSR count). The van der Waals surface area contributed by atoms with Crippen LogP contribution in [0.15, 0.2) is 185 Å². The van der Waals surface area contributed by atoms with Crippen molar-refractivity contribution in [3.63, 3.8) is 0 Å². The highest BCUT2D eigenvalue weighted by molar-refractivity contribution is 6.22. The van der Waals surface area contributed by atoms with Gasteiger partial charge < -0.3 is 8.83 Å². The second kappa shape index (κ2) is 11.9. The number of para-hydroxylation sites is 2. The van der Waals surface area contributed by atoms with Gasteiger partial charge in [-0.2, -0.15) is 0 Å². The summed E-state index contributed by atoms with van der Waals surface area (Å²) in [7, 11) is 0. The summed E-state index contributed by atoms with van der Waals surface area (Å²) in [5.74, 6) is 1.80. The molecule has 3 aromatic heterocycles. The molecule has 0 spiro atoms. The second-order valence-corrected chi connectivity index (χ2v) is 14.3. The molecule has 5 nitrogen and oxygen atoms in total. The Morgan fingerprint density at radius 1 is 0.286 bits per heavy atom. The smallest absolute Gasteiger partial charge is 0.164 e. The van der Waals surface area contributed by atoms with Crippen LogP contribution in [0.1, 0.15) is 0 Å². The summed E-state index contributed by atoms with van der Waals surface area (Å²) >= 11 is 0. The number of furan rings is 2. The van der Waals surface area contributed by atoms with Gasteiger partial charge in [-0.25, -0.2) is 15.0 Å². The number of rotatable bonds is 4. The maximum atomic E-state index is 6.36. The maximum Gasteiger partial charge on any atom is 0.164 e. The zero-order chi connectivity index (χ0) is 36.7. The standard InChI is InChI=1S/C51H29N3O2/c1-2-14-36-30(10-1)22-23-31-24-25-35(29-41(31)36)50-52-49(34-13-7-12-33(28-34)37-17-9-21-44-47(37)38-15-3-5-19-42(38)55-44)53-51(54-50)40-18-8-11-32-26-27-45-48(46(32)40)39-16-4-6-20-43(39)56-45/h1-29H. The van der Waals surface area contributed by atoms with Gasteiger partial charge in [-0.1, -0.05) is 140 Å². The molecule has 0 unspecified atom stereocenters. The number of nitrogens with zero attached hydrogens (tertiary/aromatic N) is 3. The SMILES string of the molecule is c1cc(-c2nc(-c3ccc4ccc5ccccc5c4c3)nc(-c3cccc4ccc5oc6ccccc6c5c34)n2)cc(-c2cccc3oc4ccccc4c23)c1. The highest BCUT2D eigenvalue weighted by Crippen LogP contribution is 2.41. The maximum absolute atomic E-state index is 6.36. The predicted octanol–water partition coefficient (Wildman–Crippen LogP) is 13.8. The van der Waals surface area contributed by atoms with Crippen molar-refractivity contribution in [2.75, 3.05) is 0 Å². The summed E-state index contributed by atoms with van der Waals surface area (Å²) in [4.78, 5) is 15.8. The number of fused-ring (bicyclic) bond motifs is 11. The minimum Gasteiger partial charge on any atom is -0.456 e. The Kier molecular flexibility index (Phi) is 6.56. The van der Waals surface area contributed by atoms with Crippen molar-refractivity contribution in [1.29, 1.82) is 0 Å². The van der Waals surface area contributed by atoms with Crippen LogP contribution in [0.4, 0.5) is 0 Å². The van der Waals surface area contributed by atoms with Gasteiger partial charge >= 0.3 is 0 Å². The van der Waals surface area contributed by atoms with E-state index in [-0.39, 0.29) is 0 Å². The summed E-state index contributed by atoms with van der Waals surface area (Å²) in [6, 6.07) is 61.0. The Balaban J connectivity index is 1.12. The molecule has 0 aliphatic heterocycles. The molecule has 0 saturated carbocycles. The molecule has 0 atom stereocenters. The molecule has 12 aromatic rings. The molecule has 56 heavy (non-hydrogen) atoms. The van der Waals surface area contributed by atoms with Crippen molar-refractivity contribution in [3.8, 4) is 45.3 Å². The second-order valence-electron chi connectivity index (χ2n) is 14.3. The molecule has 0 saturated heterocycles. The van der Waals surface area contributed by atoms with Crippen LogP contribution in [0, 0.1) is 0 Å². The third kappa shape index (κ3) is 4.71. The van der Waals surface area contributed by atoms with E-state index in [0.29, 0.717) is 17.5 Å². The van der Waals surface area contributed by atoms with E-state index in [1.54, 1.807) is 0 Å². The number of hydrogen-bond donors (Lipinski definition) is 0. The topological polar surface area (TPSA) is 65.0 Å². The van der Waals surface area contributed by atoms with E-state index in [2.05, 4.69) is 146 Å². The van der Waals surface area contributed by atoms with Crippen molar-refractivity contribution in [1.82, 2.24) is 15.0 Å². The highest BCUT2D eigenvalue weighted by atomic mass is 16.3. The number of benzene rings is 9. The lowest BCUT2D eigenvalue weighted by Gasteiger charge is -2.12. The molecule has 0 radical (unpaired) electrons. The molecule has 260 valence electrons. The minimum atomic E-state index is 0.593. The van der Waals surface area contributed by atoms with Gasteiger partial charge in [0, 0.05) is 43.6 Å². The van der Waals surface area contributed by atoms with Gasteiger partial charge in [-0.15, -0.1) is 0 Å². The van der Waals surface area contributed by atoms with Crippen LogP contribution < -0.4 is 0 Å². The van der Waals surface area contributed by atoms with Crippen LogP contribution in [-0.4, -0.2) is 15.0 Å². The lowest BCUT2D eigenvalue weighted by atomic mass is 9.97. The fourth-order valence-corrected chi connectivity index (χ4v) is 8.52. The van der Waals surface area contributed by atoms with Crippen LogP contribution in [0.5, 0.6) is 0 Å².